The Balaban J connectivity index is 4.24. The summed E-state index contributed by atoms with van der Waals surface area (Å²) in [6, 6.07) is -1.34. The molecule has 0 fully saturated rings. The van der Waals surface area contributed by atoms with Gasteiger partial charge < -0.3 is 26.2 Å². The number of nitrogens with two attached hydrogens (primary N) is 1. The molecule has 0 aromatic rings. The fourth-order valence-corrected chi connectivity index (χ4v) is 0.953. The molecule has 6 N–H and O–H groups in total. The molecule has 0 heterocycles. The van der Waals surface area contributed by atoms with Crippen LogP contribution >= 0.6 is 15.9 Å². The van der Waals surface area contributed by atoms with Crippen LogP contribution in [0.5, 0.6) is 0 Å². The molecule has 0 aliphatic carbocycles. The Morgan fingerprint density at radius 3 is 2.08 bits per heavy atom. The third-order valence-electron chi connectivity index (χ3n) is 1.56. The quantitative estimate of drug-likeness (QED) is 0.342. The van der Waals surface area contributed by atoms with Gasteiger partial charge in [0.15, 0.2) is 0 Å². The summed E-state index contributed by atoms with van der Waals surface area (Å²) in [7, 11) is 0. The molecular formula is C6H12BrNO5. The molecular weight excluding hydrogens is 246 g/mol. The highest BCUT2D eigenvalue weighted by molar-refractivity contribution is 9.18. The zero-order valence-corrected chi connectivity index (χ0v) is 8.25. The van der Waals surface area contributed by atoms with Gasteiger partial charge in [-0.3, -0.25) is 4.79 Å². The van der Waals surface area contributed by atoms with Crippen molar-refractivity contribution < 1.29 is 25.2 Å². The van der Waals surface area contributed by atoms with Gasteiger partial charge in [0.2, 0.25) is 4.69 Å². The van der Waals surface area contributed by atoms with E-state index >= 15 is 0 Å². The Bertz CT molecular complexity index is 178. The molecule has 0 aromatic heterocycles. The summed E-state index contributed by atoms with van der Waals surface area (Å²) in [5.41, 5.74) is 5.15. The van der Waals surface area contributed by atoms with E-state index in [9.17, 15) is 4.79 Å². The number of hydrogen-bond acceptors (Lipinski definition) is 6. The topological polar surface area (TPSA) is 124 Å². The van der Waals surface area contributed by atoms with Crippen molar-refractivity contribution in [1.82, 2.24) is 0 Å². The Labute approximate surface area is 83.1 Å². The maximum atomic E-state index is 10.6. The third-order valence-corrected chi connectivity index (χ3v) is 2.09. The standard InChI is InChI=1S/C6H12BrNO5/c7-6(13)3(8)5(12)4(11)2(10)1-9/h2-5,9-12H,1,8H2/t2-,3-,4-,5-/m1/s1. The second-order valence-corrected chi connectivity index (χ2v) is 3.34. The highest BCUT2D eigenvalue weighted by atomic mass is 79.9. The van der Waals surface area contributed by atoms with Gasteiger partial charge in [-0.2, -0.15) is 0 Å². The van der Waals surface area contributed by atoms with Crippen molar-refractivity contribution in [3.8, 4) is 0 Å². The van der Waals surface area contributed by atoms with Gasteiger partial charge in [0.25, 0.3) is 0 Å². The van der Waals surface area contributed by atoms with Crippen LogP contribution in [0.25, 0.3) is 0 Å². The van der Waals surface area contributed by atoms with Crippen LogP contribution in [0.3, 0.4) is 0 Å². The fraction of sp³-hybridized carbons (Fsp3) is 0.833. The van der Waals surface area contributed by atoms with E-state index in [-0.39, 0.29) is 0 Å². The zero-order chi connectivity index (χ0) is 10.6. The Hall–Kier alpha value is -0.0500. The molecule has 0 aliphatic rings. The largest absolute Gasteiger partial charge is 0.394 e. The number of rotatable bonds is 5. The first kappa shape index (κ1) is 12.9. The minimum atomic E-state index is -1.65. The third kappa shape index (κ3) is 3.67. The zero-order valence-electron chi connectivity index (χ0n) is 6.67. The molecule has 0 aliphatic heterocycles. The van der Waals surface area contributed by atoms with Gasteiger partial charge in [-0.05, 0) is 15.9 Å². The van der Waals surface area contributed by atoms with E-state index in [0.29, 0.717) is 0 Å². The van der Waals surface area contributed by atoms with Crippen molar-refractivity contribution in [2.24, 2.45) is 5.73 Å². The smallest absolute Gasteiger partial charge is 0.217 e. The van der Waals surface area contributed by atoms with Gasteiger partial charge >= 0.3 is 0 Å². The maximum Gasteiger partial charge on any atom is 0.217 e. The van der Waals surface area contributed by atoms with E-state index in [2.05, 4.69) is 15.9 Å². The van der Waals surface area contributed by atoms with Gasteiger partial charge in [-0.25, -0.2) is 0 Å². The summed E-state index contributed by atoms with van der Waals surface area (Å²) in [5, 5.41) is 35.6. The van der Waals surface area contributed by atoms with Gasteiger partial charge in [0, 0.05) is 0 Å². The number of carbonyl (C=O) groups excluding carboxylic acids is 1. The lowest BCUT2D eigenvalue weighted by Crippen LogP contribution is -2.51. The predicted octanol–water partition coefficient (Wildman–Crippen LogP) is -2.69. The summed E-state index contributed by atoms with van der Waals surface area (Å²) in [6.07, 6.45) is -4.79. The van der Waals surface area contributed by atoms with Crippen LogP contribution in [0.1, 0.15) is 0 Å². The minimum Gasteiger partial charge on any atom is -0.394 e. The molecule has 78 valence electrons. The van der Waals surface area contributed by atoms with Gasteiger partial charge in [-0.15, -0.1) is 0 Å². The molecule has 7 heteroatoms. The molecule has 0 spiro atoms. The molecule has 0 saturated carbocycles. The monoisotopic (exact) mass is 257 g/mol. The van der Waals surface area contributed by atoms with Crippen LogP contribution < -0.4 is 5.73 Å². The van der Waals surface area contributed by atoms with Crippen molar-refractivity contribution in [3.05, 3.63) is 0 Å². The second kappa shape index (κ2) is 5.63. The van der Waals surface area contributed by atoms with Crippen LogP contribution in [0, 0.1) is 0 Å². The first-order chi connectivity index (χ1) is 5.91. The Kier molecular flexibility index (Phi) is 5.61. The first-order valence-corrected chi connectivity index (χ1v) is 4.31. The summed E-state index contributed by atoms with van der Waals surface area (Å²) >= 11 is 2.50. The first-order valence-electron chi connectivity index (χ1n) is 3.51. The summed E-state index contributed by atoms with van der Waals surface area (Å²) in [6.45, 7) is -0.721. The number of hydrogen-bond donors (Lipinski definition) is 5. The molecule has 0 unspecified atom stereocenters. The Morgan fingerprint density at radius 1 is 1.31 bits per heavy atom. The summed E-state index contributed by atoms with van der Waals surface area (Å²) in [4.78, 5) is 10.6. The van der Waals surface area contributed by atoms with E-state index in [1.54, 1.807) is 0 Å². The van der Waals surface area contributed by atoms with E-state index in [0.717, 1.165) is 0 Å². The number of halogens is 1. The van der Waals surface area contributed by atoms with Crippen molar-refractivity contribution in [2.45, 2.75) is 24.4 Å². The lowest BCUT2D eigenvalue weighted by atomic mass is 10.0. The van der Waals surface area contributed by atoms with Crippen molar-refractivity contribution in [2.75, 3.05) is 6.61 Å². The van der Waals surface area contributed by atoms with Crippen LogP contribution in [0.4, 0.5) is 0 Å². The molecule has 0 amide bonds. The SMILES string of the molecule is N[C@@H](C(=O)Br)[C@@H](O)[C@H](O)[C@H](O)CO. The number of aliphatic hydroxyl groups excluding tert-OH is 4. The van der Waals surface area contributed by atoms with Crippen LogP contribution in [-0.4, -0.2) is 56.1 Å². The van der Waals surface area contributed by atoms with Crippen LogP contribution in [0.2, 0.25) is 0 Å². The normalized spacial score (nSPS) is 20.5. The lowest BCUT2D eigenvalue weighted by Gasteiger charge is -2.24. The molecule has 6 nitrogen and oxygen atoms in total. The lowest BCUT2D eigenvalue weighted by molar-refractivity contribution is -0.120. The van der Waals surface area contributed by atoms with Crippen molar-refractivity contribution >= 4 is 20.6 Å². The van der Waals surface area contributed by atoms with Crippen LogP contribution in [-0.2, 0) is 4.79 Å². The maximum absolute atomic E-state index is 10.6. The highest BCUT2D eigenvalue weighted by Gasteiger charge is 2.31. The average Bonchev–Trinajstić information content (AvgIpc) is 2.12. The number of carbonyl (C=O) groups is 1. The second-order valence-electron chi connectivity index (χ2n) is 2.56. The molecule has 4 atom stereocenters. The fourth-order valence-electron chi connectivity index (χ4n) is 0.682. The summed E-state index contributed by atoms with van der Waals surface area (Å²) < 4.78 is -0.691. The minimum absolute atomic E-state index is 0.691. The highest BCUT2D eigenvalue weighted by Crippen LogP contribution is 2.06. The molecule has 0 rings (SSSR count). The van der Waals surface area contributed by atoms with Crippen LogP contribution in [0.15, 0.2) is 0 Å². The van der Waals surface area contributed by atoms with Gasteiger partial charge in [0.05, 0.1) is 6.61 Å². The summed E-state index contributed by atoms with van der Waals surface area (Å²) in [5.74, 6) is 0. The predicted molar refractivity (Wildman–Crippen MR) is 47.0 cm³/mol. The molecule has 13 heavy (non-hydrogen) atoms. The van der Waals surface area contributed by atoms with Crippen molar-refractivity contribution in [3.63, 3.8) is 0 Å². The van der Waals surface area contributed by atoms with E-state index in [1.807, 2.05) is 0 Å². The molecule has 0 bridgehead atoms. The van der Waals surface area contributed by atoms with Gasteiger partial charge in [0.1, 0.15) is 24.4 Å². The van der Waals surface area contributed by atoms with Gasteiger partial charge in [-0.1, -0.05) is 0 Å². The molecule has 0 saturated heterocycles. The van der Waals surface area contributed by atoms with E-state index in [4.69, 9.17) is 26.2 Å². The number of aliphatic hydroxyl groups is 4. The van der Waals surface area contributed by atoms with E-state index in [1.165, 1.54) is 0 Å². The van der Waals surface area contributed by atoms with E-state index < -0.39 is 35.7 Å². The molecule has 0 radical (unpaired) electrons. The van der Waals surface area contributed by atoms with Crippen molar-refractivity contribution in [1.29, 1.82) is 0 Å². The Morgan fingerprint density at radius 2 is 1.77 bits per heavy atom. The average molecular weight is 258 g/mol. The molecule has 0 aromatic carbocycles.